The Hall–Kier alpha value is -2.95. The molecule has 1 aliphatic rings. The molecule has 0 saturated heterocycles. The molecule has 2 heterocycles. The predicted molar refractivity (Wildman–Crippen MR) is 144 cm³/mol. The second kappa shape index (κ2) is 10.3. The van der Waals surface area contributed by atoms with E-state index in [2.05, 4.69) is 64.6 Å². The number of allylic oxidation sites excluding steroid dienone is 3. The van der Waals surface area contributed by atoms with Gasteiger partial charge in [0.25, 0.3) is 5.01 Å². The normalized spacial score (nSPS) is 11.9. The average molecular weight is 477 g/mol. The fraction of sp³-hybridized carbons (Fsp3) is 0.0370. The second-order valence-corrected chi connectivity index (χ2v) is 9.36. The van der Waals surface area contributed by atoms with E-state index in [4.69, 9.17) is 25.3 Å². The van der Waals surface area contributed by atoms with E-state index in [1.807, 2.05) is 42.6 Å². The zero-order valence-electron chi connectivity index (χ0n) is 17.8. The van der Waals surface area contributed by atoms with Crippen LogP contribution in [0, 0.1) is 0 Å². The number of aromatic nitrogens is 2. The molecule has 6 heteroatoms. The van der Waals surface area contributed by atoms with Crippen LogP contribution < -0.4 is 4.98 Å². The number of nitrogens with one attached hydrogen (secondary N) is 1. The molecule has 0 atom stereocenters. The van der Waals surface area contributed by atoms with Crippen molar-refractivity contribution in [3.63, 3.8) is 0 Å². The Labute approximate surface area is 212 Å². The Morgan fingerprint density at radius 2 is 1.61 bits per heavy atom. The van der Waals surface area contributed by atoms with Crippen molar-refractivity contribution in [3.05, 3.63) is 102 Å². The van der Waals surface area contributed by atoms with Crippen LogP contribution in [0.2, 0.25) is 0 Å². The quantitative estimate of drug-likeness (QED) is 0.164. The van der Waals surface area contributed by atoms with E-state index in [9.17, 15) is 0 Å². The Bertz CT molecular complexity index is 1490. The molecule has 0 saturated carbocycles. The van der Waals surface area contributed by atoms with Gasteiger partial charge in [0.05, 0.1) is 10.4 Å². The molecule has 156 valence electrons. The maximum Gasteiger partial charge on any atom is 2.00 e. The minimum atomic E-state index is 0. The van der Waals surface area contributed by atoms with Gasteiger partial charge in [-0.15, -0.1) is 0 Å². The molecule has 3 aromatic carbocycles. The van der Waals surface area contributed by atoms with Crippen molar-refractivity contribution in [1.82, 2.24) is 4.98 Å². The van der Waals surface area contributed by atoms with Crippen LogP contribution in [0.25, 0.3) is 38.3 Å². The Balaban J connectivity index is 0.000000153. The smallest absolute Gasteiger partial charge is 0.779 e. The van der Waals surface area contributed by atoms with Gasteiger partial charge in [-0.05, 0) is 22.9 Å². The van der Waals surface area contributed by atoms with Crippen molar-refractivity contribution < 1.29 is 4.98 Å². The van der Waals surface area contributed by atoms with E-state index in [0.717, 1.165) is 48.5 Å². The van der Waals surface area contributed by atoms with Crippen LogP contribution in [0.3, 0.4) is 0 Å². The molecule has 0 bridgehead atoms. The minimum Gasteiger partial charge on any atom is -0.779 e. The number of benzene rings is 3. The molecule has 33 heavy (non-hydrogen) atoms. The van der Waals surface area contributed by atoms with Gasteiger partial charge in [-0.2, -0.15) is 14.8 Å². The zero-order chi connectivity index (χ0) is 21.9. The maximum atomic E-state index is 5.36. The molecule has 1 aliphatic carbocycles. The third-order valence-electron chi connectivity index (χ3n) is 5.30. The number of aromatic amines is 1. The summed E-state index contributed by atoms with van der Waals surface area (Å²) in [7, 11) is 0. The first-order chi connectivity index (χ1) is 15.7. The van der Waals surface area contributed by atoms with Crippen LogP contribution in [0.15, 0.2) is 101 Å². The van der Waals surface area contributed by atoms with Crippen LogP contribution >= 0.6 is 11.3 Å². The third-order valence-corrected chi connectivity index (χ3v) is 7.15. The topological polar surface area (TPSA) is 27.0 Å². The standard InChI is InChI=1S/C14H11NS2.C13H9NS.Be/c16-12-8-5-4-6-10(12)14-15-11-7-2-1-3-9-13(11)17-14;15-11-5-1-3-9-6-7-10-4-2-8-14-13(10)12(9)11;/h1-8,16H,9H2;1-8,15H;/q;;+2/p-1. The number of pyridine rings is 1. The number of hydrogen-bond donors (Lipinski definition) is 0. The molecular weight excluding hydrogens is 458 g/mol. The fourth-order valence-electron chi connectivity index (χ4n) is 3.75. The second-order valence-electron chi connectivity index (χ2n) is 7.38. The molecule has 1 N–H and O–H groups in total. The van der Waals surface area contributed by atoms with Crippen molar-refractivity contribution in [2.75, 3.05) is 0 Å². The van der Waals surface area contributed by atoms with Crippen LogP contribution in [0.1, 0.15) is 10.6 Å². The summed E-state index contributed by atoms with van der Waals surface area (Å²) >= 11 is 12.5. The molecule has 0 amide bonds. The van der Waals surface area contributed by atoms with Crippen LogP contribution in [0.4, 0.5) is 0 Å². The summed E-state index contributed by atoms with van der Waals surface area (Å²) in [5.41, 5.74) is 3.33. The number of hydrogen-bond acceptors (Lipinski definition) is 4. The average Bonchev–Trinajstić information content (AvgIpc) is 3.09. The molecule has 0 spiro atoms. The van der Waals surface area contributed by atoms with Gasteiger partial charge >= 0.3 is 10.1 Å². The molecular formula is C27H19BeN2S3+. The molecule has 2 nitrogen and oxygen atoms in total. The molecule has 5 aromatic rings. The Morgan fingerprint density at radius 3 is 2.48 bits per heavy atom. The molecule has 0 radical (unpaired) electrons. The largest absolute Gasteiger partial charge is 2.00 e. The first-order valence-electron chi connectivity index (χ1n) is 10.3. The summed E-state index contributed by atoms with van der Waals surface area (Å²) in [5, 5.41) is 4.54. The summed E-state index contributed by atoms with van der Waals surface area (Å²) in [5.74, 6) is 0. The van der Waals surface area contributed by atoms with E-state index < -0.39 is 0 Å². The predicted octanol–water partition coefficient (Wildman–Crippen LogP) is 6.17. The summed E-state index contributed by atoms with van der Waals surface area (Å²) < 4.78 is 0. The fourth-order valence-corrected chi connectivity index (χ4v) is 5.46. The number of thiazole rings is 1. The summed E-state index contributed by atoms with van der Waals surface area (Å²) in [6.07, 6.45) is 11.2. The van der Waals surface area contributed by atoms with Gasteiger partial charge in [-0.3, -0.25) is 4.98 Å². The molecule has 6 rings (SSSR count). The van der Waals surface area contributed by atoms with Gasteiger partial charge in [0, 0.05) is 29.6 Å². The summed E-state index contributed by atoms with van der Waals surface area (Å²) in [6.45, 7) is 0. The number of rotatable bonds is 1. The van der Waals surface area contributed by atoms with E-state index in [1.165, 1.54) is 10.6 Å². The van der Waals surface area contributed by atoms with Crippen LogP contribution in [0.5, 0.6) is 0 Å². The van der Waals surface area contributed by atoms with E-state index in [0.29, 0.717) is 0 Å². The molecule has 0 fully saturated rings. The first kappa shape index (κ1) is 23.2. The van der Waals surface area contributed by atoms with E-state index in [-0.39, 0.29) is 10.1 Å². The van der Waals surface area contributed by atoms with Crippen molar-refractivity contribution in [1.29, 1.82) is 0 Å². The summed E-state index contributed by atoms with van der Waals surface area (Å²) in [6, 6.07) is 22.2. The maximum absolute atomic E-state index is 5.36. The van der Waals surface area contributed by atoms with Crippen LogP contribution in [-0.2, 0) is 31.7 Å². The number of H-pyrrole nitrogens is 1. The van der Waals surface area contributed by atoms with E-state index in [1.54, 1.807) is 11.3 Å². The van der Waals surface area contributed by atoms with Gasteiger partial charge in [-0.1, -0.05) is 84.2 Å². The van der Waals surface area contributed by atoms with Crippen molar-refractivity contribution >= 4 is 74.5 Å². The minimum absolute atomic E-state index is 0. The monoisotopic (exact) mass is 476 g/mol. The molecule has 2 aromatic heterocycles. The van der Waals surface area contributed by atoms with E-state index >= 15 is 0 Å². The molecule has 0 unspecified atom stereocenters. The van der Waals surface area contributed by atoms with Crippen molar-refractivity contribution in [3.8, 4) is 10.6 Å². The van der Waals surface area contributed by atoms with Crippen molar-refractivity contribution in [2.24, 2.45) is 0 Å². The van der Waals surface area contributed by atoms with Crippen molar-refractivity contribution in [2.45, 2.75) is 16.2 Å². The molecule has 0 aliphatic heterocycles. The van der Waals surface area contributed by atoms with Gasteiger partial charge in [0.15, 0.2) is 0 Å². The summed E-state index contributed by atoms with van der Waals surface area (Å²) in [4.78, 5) is 11.0. The van der Waals surface area contributed by atoms with Crippen LogP contribution in [-0.4, -0.2) is 15.1 Å². The van der Waals surface area contributed by atoms with Gasteiger partial charge in [-0.25, -0.2) is 0 Å². The van der Waals surface area contributed by atoms with Gasteiger partial charge < -0.3 is 25.3 Å². The SMILES string of the molecule is [Be+2].[S-]c1cccc2ccc3cccnc3c12.[S-]c1ccccc1-c1[nH+]c2c(s1)CC=CC=C2. The number of fused-ring (bicyclic) bond motifs is 4. The zero-order valence-corrected chi connectivity index (χ0v) is 20.3. The number of nitrogens with zero attached hydrogens (tertiary/aromatic N) is 1. The van der Waals surface area contributed by atoms with Gasteiger partial charge in [0.2, 0.25) is 5.69 Å². The third kappa shape index (κ3) is 4.87. The first-order valence-corrected chi connectivity index (χ1v) is 11.9. The Kier molecular flexibility index (Phi) is 7.26. The Morgan fingerprint density at radius 1 is 0.818 bits per heavy atom. The van der Waals surface area contributed by atoms with Gasteiger partial charge in [0.1, 0.15) is 0 Å².